The molecule has 0 saturated carbocycles. The molecule has 1 unspecified atom stereocenters. The quantitative estimate of drug-likeness (QED) is 0.637. The van der Waals surface area contributed by atoms with Crippen molar-refractivity contribution in [3.63, 3.8) is 0 Å². The van der Waals surface area contributed by atoms with Crippen LogP contribution < -0.4 is 15.4 Å². The Bertz CT molecular complexity index is 1240. The first-order valence-corrected chi connectivity index (χ1v) is 11.4. The number of aromatic nitrogens is 2. The maximum Gasteiger partial charge on any atom is 0.223 e. The molecule has 2 aliphatic heterocycles. The highest BCUT2D eigenvalue weighted by Gasteiger charge is 2.36. The minimum atomic E-state index is -0.230. The van der Waals surface area contributed by atoms with Crippen LogP contribution in [0.4, 0.5) is 0 Å². The molecule has 0 bridgehead atoms. The van der Waals surface area contributed by atoms with Crippen molar-refractivity contribution < 1.29 is 14.1 Å². The molecule has 0 radical (unpaired) electrons. The van der Waals surface area contributed by atoms with E-state index in [0.717, 1.165) is 70.2 Å². The van der Waals surface area contributed by atoms with Crippen LogP contribution in [0.5, 0.6) is 5.75 Å². The van der Waals surface area contributed by atoms with E-state index in [4.69, 9.17) is 20.9 Å². The average molecular weight is 451 g/mol. The minimum Gasteiger partial charge on any atom is -0.481 e. The molecule has 0 saturated heterocycles. The zero-order chi connectivity index (χ0) is 21.8. The summed E-state index contributed by atoms with van der Waals surface area (Å²) in [6.45, 7) is 1.66. The van der Waals surface area contributed by atoms with Gasteiger partial charge in [0, 0.05) is 78.9 Å². The van der Waals surface area contributed by atoms with Gasteiger partial charge in [-0.1, -0.05) is 16.8 Å². The van der Waals surface area contributed by atoms with Crippen molar-refractivity contribution in [2.24, 2.45) is 5.92 Å². The van der Waals surface area contributed by atoms with Crippen molar-refractivity contribution in [2.45, 2.75) is 38.3 Å². The molecule has 2 N–H and O–H groups in total. The van der Waals surface area contributed by atoms with Gasteiger partial charge in [-0.05, 0) is 35.7 Å². The smallest absolute Gasteiger partial charge is 0.223 e. The van der Waals surface area contributed by atoms with Crippen molar-refractivity contribution in [1.29, 1.82) is 0 Å². The van der Waals surface area contributed by atoms with Crippen LogP contribution in [0.2, 0.25) is 5.02 Å². The van der Waals surface area contributed by atoms with Crippen LogP contribution >= 0.6 is 11.6 Å². The number of pyridine rings is 1. The molecule has 7 nitrogen and oxygen atoms in total. The number of ether oxygens (including phenoxy) is 1. The van der Waals surface area contributed by atoms with Gasteiger partial charge in [-0.15, -0.1) is 0 Å². The van der Waals surface area contributed by atoms with Crippen molar-refractivity contribution in [2.75, 3.05) is 13.6 Å². The van der Waals surface area contributed by atoms with Gasteiger partial charge < -0.3 is 19.9 Å². The number of rotatable bonds is 3. The normalized spacial score (nSPS) is 20.9. The zero-order valence-electron chi connectivity index (χ0n) is 17.7. The van der Waals surface area contributed by atoms with Crippen LogP contribution in [0, 0.1) is 5.92 Å². The maximum absolute atomic E-state index is 12.3. The number of benzene rings is 1. The predicted octanol–water partition coefficient (Wildman–Crippen LogP) is 3.17. The van der Waals surface area contributed by atoms with Gasteiger partial charge in [-0.3, -0.25) is 9.78 Å². The highest BCUT2D eigenvalue weighted by molar-refractivity contribution is 6.31. The van der Waals surface area contributed by atoms with Crippen LogP contribution in [0.1, 0.15) is 39.9 Å². The van der Waals surface area contributed by atoms with Crippen molar-refractivity contribution in [1.82, 2.24) is 20.8 Å². The Kier molecular flexibility index (Phi) is 4.69. The fraction of sp³-hybridized carbons (Fsp3) is 0.375. The molecular weight excluding hydrogens is 428 g/mol. The van der Waals surface area contributed by atoms with E-state index in [1.807, 2.05) is 18.2 Å². The van der Waals surface area contributed by atoms with E-state index >= 15 is 0 Å². The van der Waals surface area contributed by atoms with E-state index in [1.54, 1.807) is 13.2 Å². The van der Waals surface area contributed by atoms with Crippen molar-refractivity contribution >= 4 is 17.5 Å². The summed E-state index contributed by atoms with van der Waals surface area (Å²) >= 11 is 6.54. The summed E-state index contributed by atoms with van der Waals surface area (Å²) < 4.78 is 12.2. The number of fused-ring (bicyclic) bond motifs is 3. The Morgan fingerprint density at radius 2 is 2.09 bits per heavy atom. The number of carbonyl (C=O) groups is 1. The number of hydrogen-bond acceptors (Lipinski definition) is 6. The first-order chi connectivity index (χ1) is 15.6. The standard InChI is InChI=1S/C24H23ClN4O3/c1-26-24(30)13-7-16-15(2-5-28-20(16)8-13)17-10-14(25)6-12-9-21(31-22(12)17)23-18-11-27-4-3-19(18)29-32-23/h2,5-6,10,13,21,27H,3-4,7-9,11H2,1H3,(H,26,30)/t13?,21-/m1/s1. The van der Waals surface area contributed by atoms with Crippen molar-refractivity contribution in [3.05, 3.63) is 63.3 Å². The second kappa shape index (κ2) is 7.60. The summed E-state index contributed by atoms with van der Waals surface area (Å²) in [5.74, 6) is 1.57. The maximum atomic E-state index is 12.3. The molecule has 3 aliphatic rings. The topological polar surface area (TPSA) is 89.3 Å². The second-order valence-corrected chi connectivity index (χ2v) is 9.09. The van der Waals surface area contributed by atoms with Gasteiger partial charge in [0.1, 0.15) is 5.75 Å². The van der Waals surface area contributed by atoms with Crippen LogP contribution in [-0.2, 0) is 37.0 Å². The largest absolute Gasteiger partial charge is 0.481 e. The van der Waals surface area contributed by atoms with Gasteiger partial charge >= 0.3 is 0 Å². The summed E-state index contributed by atoms with van der Waals surface area (Å²) in [6, 6.07) is 5.91. The molecule has 6 rings (SSSR count). The Morgan fingerprint density at radius 3 is 2.97 bits per heavy atom. The summed E-state index contributed by atoms with van der Waals surface area (Å²) in [7, 11) is 1.68. The second-order valence-electron chi connectivity index (χ2n) is 8.65. The fourth-order valence-electron chi connectivity index (χ4n) is 5.22. The number of nitrogens with zero attached hydrogens (tertiary/aromatic N) is 2. The summed E-state index contributed by atoms with van der Waals surface area (Å²) in [5, 5.41) is 11.1. The number of carbonyl (C=O) groups excluding carboxylic acids is 1. The van der Waals surface area contributed by atoms with Crippen LogP contribution in [-0.4, -0.2) is 29.6 Å². The third-order valence-electron chi connectivity index (χ3n) is 6.77. The van der Waals surface area contributed by atoms with E-state index in [2.05, 4.69) is 20.8 Å². The number of halogens is 1. The van der Waals surface area contributed by atoms with E-state index in [-0.39, 0.29) is 17.9 Å². The van der Waals surface area contributed by atoms with Gasteiger partial charge in [0.25, 0.3) is 0 Å². The molecule has 8 heteroatoms. The van der Waals surface area contributed by atoms with Crippen molar-refractivity contribution in [3.8, 4) is 16.9 Å². The highest BCUT2D eigenvalue weighted by atomic mass is 35.5. The van der Waals surface area contributed by atoms with Gasteiger partial charge in [0.2, 0.25) is 5.91 Å². The summed E-state index contributed by atoms with van der Waals surface area (Å²) in [4.78, 5) is 16.8. The molecule has 4 heterocycles. The SMILES string of the molecule is CNC(=O)C1Cc2nccc(-c3cc(Cl)cc4c3O[C@@H](c3onc5c3CNCC5)C4)c2C1. The van der Waals surface area contributed by atoms with E-state index < -0.39 is 0 Å². The molecular formula is C24H23ClN4O3. The molecule has 1 aliphatic carbocycles. The molecule has 2 atom stereocenters. The summed E-state index contributed by atoms with van der Waals surface area (Å²) in [5.41, 5.74) is 7.22. The predicted molar refractivity (Wildman–Crippen MR) is 119 cm³/mol. The Morgan fingerprint density at radius 1 is 1.19 bits per heavy atom. The van der Waals surface area contributed by atoms with E-state index in [0.29, 0.717) is 24.3 Å². The monoisotopic (exact) mass is 450 g/mol. The molecule has 3 aromatic rings. The Balaban J connectivity index is 1.39. The first kappa shape index (κ1) is 19.8. The lowest BCUT2D eigenvalue weighted by molar-refractivity contribution is -0.124. The number of amides is 1. The van der Waals surface area contributed by atoms with Gasteiger partial charge in [0.15, 0.2) is 11.9 Å². The Labute approximate surface area is 190 Å². The Hall–Kier alpha value is -2.90. The molecule has 164 valence electrons. The van der Waals surface area contributed by atoms with E-state index in [9.17, 15) is 4.79 Å². The van der Waals surface area contributed by atoms with Gasteiger partial charge in [0.05, 0.1) is 5.69 Å². The average Bonchev–Trinajstić information content (AvgIpc) is 3.53. The minimum absolute atomic E-state index is 0.0466. The lowest BCUT2D eigenvalue weighted by Crippen LogP contribution is -2.27. The molecule has 1 amide bonds. The fourth-order valence-corrected chi connectivity index (χ4v) is 5.46. The molecule has 2 aromatic heterocycles. The van der Waals surface area contributed by atoms with E-state index in [1.165, 1.54) is 0 Å². The lowest BCUT2D eigenvalue weighted by Gasteiger charge is -2.16. The highest BCUT2D eigenvalue weighted by Crippen LogP contribution is 2.47. The third kappa shape index (κ3) is 3.11. The van der Waals surface area contributed by atoms with Crippen LogP contribution in [0.15, 0.2) is 28.9 Å². The van der Waals surface area contributed by atoms with Gasteiger partial charge in [-0.25, -0.2) is 0 Å². The first-order valence-electron chi connectivity index (χ1n) is 11.0. The van der Waals surface area contributed by atoms with Crippen LogP contribution in [0.3, 0.4) is 0 Å². The molecule has 32 heavy (non-hydrogen) atoms. The lowest BCUT2D eigenvalue weighted by atomic mass is 9.95. The summed E-state index contributed by atoms with van der Waals surface area (Å²) in [6.07, 6.45) is 4.42. The third-order valence-corrected chi connectivity index (χ3v) is 6.99. The van der Waals surface area contributed by atoms with Crippen LogP contribution in [0.25, 0.3) is 11.1 Å². The molecule has 0 fully saturated rings. The molecule has 0 spiro atoms. The number of nitrogens with one attached hydrogen (secondary N) is 2. The molecule has 1 aromatic carbocycles. The zero-order valence-corrected chi connectivity index (χ0v) is 18.5. The van der Waals surface area contributed by atoms with Gasteiger partial charge in [-0.2, -0.15) is 0 Å². The number of hydrogen-bond donors (Lipinski definition) is 2.